The molecular formula is C12H26OSi2. The molecule has 0 saturated carbocycles. The summed E-state index contributed by atoms with van der Waals surface area (Å²) in [6, 6.07) is 4.08. The van der Waals surface area contributed by atoms with E-state index in [-0.39, 0.29) is 0 Å². The maximum atomic E-state index is 8.82. The van der Waals surface area contributed by atoms with Crippen molar-refractivity contribution in [1.82, 2.24) is 0 Å². The van der Waals surface area contributed by atoms with Gasteiger partial charge in [-0.1, -0.05) is 43.2 Å². The molecule has 0 bridgehead atoms. The molecule has 0 amide bonds. The lowest BCUT2D eigenvalue weighted by atomic mass is 10.4. The largest absolute Gasteiger partial charge is 0.396 e. The van der Waals surface area contributed by atoms with Gasteiger partial charge in [-0.05, 0) is 20.3 Å². The predicted octanol–water partition coefficient (Wildman–Crippen LogP) is 3.51. The second-order valence-electron chi connectivity index (χ2n) is 5.27. The Kier molecular flexibility index (Phi) is 8.38. The topological polar surface area (TPSA) is 20.2 Å². The van der Waals surface area contributed by atoms with Crippen molar-refractivity contribution in [2.24, 2.45) is 0 Å². The highest BCUT2D eigenvalue weighted by molar-refractivity contribution is 6.77. The van der Waals surface area contributed by atoms with Crippen molar-refractivity contribution in [3.8, 4) is 0 Å². The molecule has 15 heavy (non-hydrogen) atoms. The maximum absolute atomic E-state index is 8.82. The smallest absolute Gasteiger partial charge is 0.0702 e. The fraction of sp³-hybridized carbons (Fsp3) is 0.833. The number of hydrogen-bond acceptors (Lipinski definition) is 1. The minimum atomic E-state index is -0.978. The Hall–Kier alpha value is 0.134. The number of hydrogen-bond donors (Lipinski definition) is 1. The van der Waals surface area contributed by atoms with E-state index in [1.165, 1.54) is 30.1 Å². The highest BCUT2D eigenvalue weighted by Gasteiger charge is 2.18. The molecule has 0 heterocycles. The van der Waals surface area contributed by atoms with E-state index >= 15 is 0 Å². The van der Waals surface area contributed by atoms with Gasteiger partial charge >= 0.3 is 0 Å². The number of allylic oxidation sites excluding steroid dienone is 1. The minimum absolute atomic E-state index is 0.371. The van der Waals surface area contributed by atoms with Crippen molar-refractivity contribution in [2.75, 3.05) is 6.61 Å². The highest BCUT2D eigenvalue weighted by atomic mass is 28.3. The summed E-state index contributed by atoms with van der Waals surface area (Å²) in [5.74, 6) is 0. The van der Waals surface area contributed by atoms with Crippen LogP contribution >= 0.6 is 0 Å². The van der Waals surface area contributed by atoms with Gasteiger partial charge in [-0.3, -0.25) is 0 Å². The van der Waals surface area contributed by atoms with E-state index in [4.69, 9.17) is 5.11 Å². The van der Waals surface area contributed by atoms with Crippen LogP contribution in [0.4, 0.5) is 0 Å². The predicted molar refractivity (Wildman–Crippen MR) is 73.4 cm³/mol. The fourth-order valence-corrected chi connectivity index (χ4v) is 5.41. The third kappa shape index (κ3) is 10.4. The van der Waals surface area contributed by atoms with Gasteiger partial charge in [0.1, 0.15) is 0 Å². The van der Waals surface area contributed by atoms with Crippen molar-refractivity contribution in [1.29, 1.82) is 0 Å². The highest BCUT2D eigenvalue weighted by Crippen LogP contribution is 2.20. The first-order valence-electron chi connectivity index (χ1n) is 5.95. The van der Waals surface area contributed by atoms with Gasteiger partial charge in [0, 0.05) is 14.7 Å². The number of rotatable bonds is 8. The summed E-state index contributed by atoms with van der Waals surface area (Å²) in [4.78, 5) is 0. The molecule has 3 heteroatoms. The molecule has 2 radical (unpaired) electrons. The first kappa shape index (κ1) is 15.1. The zero-order chi connectivity index (χ0) is 11.7. The molecule has 0 aliphatic heterocycles. The molecule has 1 nitrogen and oxygen atoms in total. The Morgan fingerprint density at radius 2 is 1.80 bits per heavy atom. The van der Waals surface area contributed by atoms with Crippen LogP contribution in [0, 0.1) is 0 Å². The molecule has 0 spiro atoms. The van der Waals surface area contributed by atoms with Crippen LogP contribution in [0.25, 0.3) is 0 Å². The second kappa shape index (κ2) is 8.30. The lowest BCUT2D eigenvalue weighted by Gasteiger charge is -2.21. The zero-order valence-corrected chi connectivity index (χ0v) is 12.8. The van der Waals surface area contributed by atoms with Crippen molar-refractivity contribution in [3.05, 3.63) is 11.3 Å². The molecule has 0 aromatic carbocycles. The average molecular weight is 243 g/mol. The lowest BCUT2D eigenvalue weighted by molar-refractivity contribution is 0.294. The summed E-state index contributed by atoms with van der Waals surface area (Å²) >= 11 is 0. The molecule has 0 aromatic heterocycles. The van der Waals surface area contributed by atoms with Gasteiger partial charge < -0.3 is 5.11 Å². The van der Waals surface area contributed by atoms with Crippen molar-refractivity contribution in [2.45, 2.75) is 57.9 Å². The molecular weight excluding hydrogens is 216 g/mol. The Balaban J connectivity index is 3.52. The van der Waals surface area contributed by atoms with Gasteiger partial charge in [0.2, 0.25) is 0 Å². The van der Waals surface area contributed by atoms with Gasteiger partial charge in [-0.15, -0.1) is 5.70 Å². The van der Waals surface area contributed by atoms with Crippen LogP contribution in [0.5, 0.6) is 0 Å². The average Bonchev–Trinajstić information content (AvgIpc) is 2.14. The fourth-order valence-electron chi connectivity index (χ4n) is 1.63. The van der Waals surface area contributed by atoms with Crippen molar-refractivity contribution < 1.29 is 5.11 Å². The maximum Gasteiger partial charge on any atom is 0.0702 e. The van der Waals surface area contributed by atoms with Gasteiger partial charge in [0.05, 0.1) is 9.52 Å². The normalized spacial score (nSPS) is 11.5. The van der Waals surface area contributed by atoms with Crippen LogP contribution in [-0.2, 0) is 0 Å². The zero-order valence-electron chi connectivity index (χ0n) is 10.8. The van der Waals surface area contributed by atoms with E-state index < -0.39 is 8.07 Å². The van der Waals surface area contributed by atoms with Gasteiger partial charge in [0.25, 0.3) is 0 Å². The van der Waals surface area contributed by atoms with Crippen molar-refractivity contribution >= 4 is 17.6 Å². The molecule has 0 rings (SSSR count). The molecule has 0 aliphatic rings. The van der Waals surface area contributed by atoms with E-state index in [0.717, 1.165) is 15.9 Å². The van der Waals surface area contributed by atoms with Crippen LogP contribution in [-0.4, -0.2) is 29.3 Å². The summed E-state index contributed by atoms with van der Waals surface area (Å²) in [6.07, 6.45) is 2.39. The molecule has 0 saturated heterocycles. The lowest BCUT2D eigenvalue weighted by Crippen LogP contribution is -2.25. The van der Waals surface area contributed by atoms with Gasteiger partial charge in [0.15, 0.2) is 0 Å². The molecule has 0 unspecified atom stereocenters. The summed E-state index contributed by atoms with van der Waals surface area (Å²) in [6.45, 7) is 9.62. The molecule has 0 atom stereocenters. The third-order valence-electron chi connectivity index (χ3n) is 2.58. The van der Waals surface area contributed by atoms with Crippen LogP contribution < -0.4 is 0 Å². The monoisotopic (exact) mass is 242 g/mol. The summed E-state index contributed by atoms with van der Waals surface area (Å²) in [7, 11) is 0.0339. The Morgan fingerprint density at radius 3 is 2.33 bits per heavy atom. The number of aliphatic hydroxyl groups excluding tert-OH is 1. The van der Waals surface area contributed by atoms with E-state index in [9.17, 15) is 0 Å². The quantitative estimate of drug-likeness (QED) is 0.510. The minimum Gasteiger partial charge on any atom is -0.396 e. The Bertz CT molecular complexity index is 184. The van der Waals surface area contributed by atoms with E-state index in [2.05, 4.69) is 32.6 Å². The number of aliphatic hydroxyl groups is 1. The van der Waals surface area contributed by atoms with Gasteiger partial charge in [-0.2, -0.15) is 0 Å². The van der Waals surface area contributed by atoms with E-state index in [1.54, 1.807) is 0 Å². The standard InChI is InChI=1S/C12H26OSi2/c1-12(2)11-14-8-6-10-15(3,4)9-5-7-13/h11,13H,5-10H2,1-4H3. The first-order chi connectivity index (χ1) is 6.98. The molecule has 1 N–H and O–H groups in total. The first-order valence-corrected chi connectivity index (χ1v) is 10.7. The molecule has 0 aromatic rings. The Morgan fingerprint density at radius 1 is 1.20 bits per heavy atom. The SMILES string of the molecule is CC(C)=C[Si]CCC[Si](C)(C)CCCO. The molecule has 88 valence electrons. The summed E-state index contributed by atoms with van der Waals surface area (Å²) < 4.78 is 0. The van der Waals surface area contributed by atoms with E-state index in [0.29, 0.717) is 6.61 Å². The van der Waals surface area contributed by atoms with Crippen LogP contribution in [0.15, 0.2) is 11.3 Å². The summed E-state index contributed by atoms with van der Waals surface area (Å²) in [5.41, 5.74) is 3.81. The Labute approximate surface area is 98.8 Å². The van der Waals surface area contributed by atoms with E-state index in [1.807, 2.05) is 0 Å². The summed E-state index contributed by atoms with van der Waals surface area (Å²) in [5, 5.41) is 8.82. The van der Waals surface area contributed by atoms with Crippen LogP contribution in [0.3, 0.4) is 0 Å². The van der Waals surface area contributed by atoms with Crippen LogP contribution in [0.1, 0.15) is 26.7 Å². The third-order valence-corrected chi connectivity index (χ3v) is 7.41. The van der Waals surface area contributed by atoms with Gasteiger partial charge in [-0.25, -0.2) is 0 Å². The molecule has 0 aliphatic carbocycles. The molecule has 0 fully saturated rings. The van der Waals surface area contributed by atoms with Crippen molar-refractivity contribution in [3.63, 3.8) is 0 Å². The van der Waals surface area contributed by atoms with Crippen LogP contribution in [0.2, 0.25) is 31.2 Å². The second-order valence-corrected chi connectivity index (χ2v) is 11.8.